The predicted molar refractivity (Wildman–Crippen MR) is 155 cm³/mol. The first kappa shape index (κ1) is 31.1. The zero-order chi connectivity index (χ0) is 21.0. The van der Waals surface area contributed by atoms with Gasteiger partial charge in [-0.2, -0.15) is 11.1 Å². The second-order valence-electron chi connectivity index (χ2n) is 8.43. The normalized spacial score (nSPS) is 20.9. The largest absolute Gasteiger partial charge is 0.236 e. The van der Waals surface area contributed by atoms with E-state index >= 15 is 0 Å². The van der Waals surface area contributed by atoms with Crippen LogP contribution in [-0.4, -0.2) is 18.8 Å². The van der Waals surface area contributed by atoms with E-state index < -0.39 is 8.07 Å². The third-order valence-electron chi connectivity index (χ3n) is 6.15. The SMILES string of the molecule is C[Si](C)(C1=C2C=CC=C2S(c2ccccc2)=[C-]1)C1=C2C=CC=C2S(c2ccccc2)=[C-]1.Cl.Cl.[Zr].[Zr]. The Morgan fingerprint density at radius 2 is 0.971 bits per heavy atom. The van der Waals surface area contributed by atoms with Gasteiger partial charge in [-0.25, -0.2) is 42.1 Å². The molecule has 2 aromatic carbocycles. The van der Waals surface area contributed by atoms with E-state index in [1.165, 1.54) is 41.1 Å². The molecule has 2 aromatic rings. The van der Waals surface area contributed by atoms with Gasteiger partial charge in [-0.1, -0.05) is 108 Å². The molecule has 0 radical (unpaired) electrons. The number of halogens is 2. The molecule has 0 amide bonds. The molecule has 0 nitrogen and oxygen atoms in total. The molecular weight excluding hydrogens is 682 g/mol. The minimum atomic E-state index is -1.99. The van der Waals surface area contributed by atoms with E-state index in [-0.39, 0.29) is 98.2 Å². The van der Waals surface area contributed by atoms with Crippen molar-refractivity contribution < 1.29 is 52.4 Å². The van der Waals surface area contributed by atoms with Crippen molar-refractivity contribution in [3.8, 4) is 0 Å². The van der Waals surface area contributed by atoms with Gasteiger partial charge in [0.25, 0.3) is 0 Å². The number of rotatable bonds is 4. The van der Waals surface area contributed by atoms with Crippen molar-refractivity contribution in [1.82, 2.24) is 0 Å². The number of fused-ring (bicyclic) bond motifs is 2. The van der Waals surface area contributed by atoms with Crippen molar-refractivity contribution in [1.29, 1.82) is 0 Å². The molecule has 2 aliphatic carbocycles. The second-order valence-corrected chi connectivity index (χ2v) is 16.1. The average Bonchev–Trinajstić information content (AvgIpc) is 3.55. The molecule has 0 spiro atoms. The number of hydrogen-bond donors (Lipinski definition) is 0. The molecule has 2 heterocycles. The van der Waals surface area contributed by atoms with Crippen LogP contribution in [0.1, 0.15) is 0 Å². The molecule has 35 heavy (non-hydrogen) atoms. The molecular formula is C28H24Cl2S2SiZr2-2. The van der Waals surface area contributed by atoms with Crippen LogP contribution in [0.3, 0.4) is 0 Å². The summed E-state index contributed by atoms with van der Waals surface area (Å²) in [5.41, 5.74) is 2.83. The maximum absolute atomic E-state index is 4.00. The minimum Gasteiger partial charge on any atom is -0.236 e. The Kier molecular flexibility index (Phi) is 11.2. The van der Waals surface area contributed by atoms with Crippen molar-refractivity contribution in [3.63, 3.8) is 0 Å². The van der Waals surface area contributed by atoms with Gasteiger partial charge in [-0.15, -0.1) is 37.0 Å². The fraction of sp³-hybridized carbons (Fsp3) is 0.0714. The number of allylic oxidation sites excluding steroid dienone is 10. The van der Waals surface area contributed by atoms with E-state index in [1.54, 1.807) is 0 Å². The van der Waals surface area contributed by atoms with Crippen molar-refractivity contribution >= 4 is 64.6 Å². The maximum Gasteiger partial charge on any atom is 0.0402 e. The molecule has 0 saturated heterocycles. The molecule has 176 valence electrons. The first-order chi connectivity index (χ1) is 15.1. The van der Waals surface area contributed by atoms with E-state index in [0.717, 1.165) is 0 Å². The quantitative estimate of drug-likeness (QED) is 0.171. The zero-order valence-electron chi connectivity index (χ0n) is 19.4. The van der Waals surface area contributed by atoms with Crippen LogP contribution in [0.2, 0.25) is 13.1 Å². The maximum atomic E-state index is 4.00. The van der Waals surface area contributed by atoms with Gasteiger partial charge >= 0.3 is 0 Å². The van der Waals surface area contributed by atoms with Crippen LogP contribution in [0, 0.1) is 0 Å². The molecule has 6 rings (SSSR count). The van der Waals surface area contributed by atoms with Crippen LogP contribution in [0.4, 0.5) is 0 Å². The molecule has 7 heteroatoms. The van der Waals surface area contributed by atoms with Gasteiger partial charge in [0.1, 0.15) is 0 Å². The van der Waals surface area contributed by atoms with Crippen LogP contribution < -0.4 is 0 Å². The van der Waals surface area contributed by atoms with Gasteiger partial charge < -0.3 is 0 Å². The van der Waals surface area contributed by atoms with Crippen LogP contribution in [0.25, 0.3) is 0 Å². The summed E-state index contributed by atoms with van der Waals surface area (Å²) in [7, 11) is -2.18. The van der Waals surface area contributed by atoms with E-state index in [0.29, 0.717) is 0 Å². The molecule has 4 aliphatic rings. The number of benzene rings is 2. The smallest absolute Gasteiger partial charge is 0.0402 e. The molecule has 0 N–H and O–H groups in total. The van der Waals surface area contributed by atoms with Crippen molar-refractivity contribution in [2.45, 2.75) is 22.9 Å². The first-order valence-corrected chi connectivity index (χ1v) is 16.0. The Bertz CT molecular complexity index is 1280. The molecule has 2 unspecified atom stereocenters. The van der Waals surface area contributed by atoms with E-state index in [9.17, 15) is 0 Å². The van der Waals surface area contributed by atoms with Crippen LogP contribution in [0.5, 0.6) is 0 Å². The summed E-state index contributed by atoms with van der Waals surface area (Å²) in [6.07, 6.45) is 13.6. The third-order valence-corrected chi connectivity index (χ3v) is 13.7. The standard InChI is InChI=1S/C28H22S2Si.2ClH.2Zr/c1-31(2,27-19-29(21-11-5-3-6-12-21)25-17-9-15-23(25)27)28-20-30(22-13-7-4-8-14-22)26-18-10-16-24(26)28;;;;/h3-18H,1-2H3;2*1H;;/q-2;;;;. The Morgan fingerprint density at radius 1 is 0.600 bits per heavy atom. The van der Waals surface area contributed by atoms with Gasteiger partial charge in [-0.05, 0) is 9.79 Å². The summed E-state index contributed by atoms with van der Waals surface area (Å²) in [6, 6.07) is 21.7. The van der Waals surface area contributed by atoms with E-state index in [2.05, 4.69) is 121 Å². The topological polar surface area (TPSA) is 0 Å². The Labute approximate surface area is 265 Å². The second kappa shape index (κ2) is 12.6. The van der Waals surface area contributed by atoms with Crippen molar-refractivity contribution in [3.05, 3.63) is 128 Å². The van der Waals surface area contributed by atoms with Gasteiger partial charge in [0, 0.05) is 60.5 Å². The van der Waals surface area contributed by atoms with Crippen LogP contribution in [0.15, 0.2) is 138 Å². The summed E-state index contributed by atoms with van der Waals surface area (Å²) >= 11 is 0. The summed E-state index contributed by atoms with van der Waals surface area (Å²) in [5.74, 6) is 0. The molecule has 2 aliphatic heterocycles. The van der Waals surface area contributed by atoms with Crippen molar-refractivity contribution in [2.24, 2.45) is 0 Å². The van der Waals surface area contributed by atoms with Gasteiger partial charge in [-0.3, -0.25) is 0 Å². The van der Waals surface area contributed by atoms with Gasteiger partial charge in [0.05, 0.1) is 0 Å². The van der Waals surface area contributed by atoms with Crippen molar-refractivity contribution in [2.75, 3.05) is 0 Å². The molecule has 0 saturated carbocycles. The van der Waals surface area contributed by atoms with Gasteiger partial charge in [0.2, 0.25) is 0 Å². The molecule has 0 aromatic heterocycles. The Balaban J connectivity index is 0.00000108. The average molecular weight is 706 g/mol. The first-order valence-electron chi connectivity index (χ1n) is 10.5. The van der Waals surface area contributed by atoms with E-state index in [1.807, 2.05) is 0 Å². The predicted octanol–water partition coefficient (Wildman–Crippen LogP) is 8.15. The van der Waals surface area contributed by atoms with E-state index in [4.69, 9.17) is 0 Å². The zero-order valence-corrected chi connectivity index (χ0v) is 28.6. The summed E-state index contributed by atoms with van der Waals surface area (Å²) < 4.78 is 0. The summed E-state index contributed by atoms with van der Waals surface area (Å²) in [4.78, 5) is 5.59. The number of hydrogen-bond acceptors (Lipinski definition) is 0. The fourth-order valence-electron chi connectivity index (χ4n) is 4.54. The van der Waals surface area contributed by atoms with Crippen LogP contribution >= 0.6 is 45.8 Å². The fourth-order valence-corrected chi connectivity index (χ4v) is 13.1. The Morgan fingerprint density at radius 3 is 1.34 bits per heavy atom. The third kappa shape index (κ3) is 5.40. The molecule has 0 bridgehead atoms. The monoisotopic (exact) mass is 702 g/mol. The summed E-state index contributed by atoms with van der Waals surface area (Å²) in [5, 5.41) is 10.9. The van der Waals surface area contributed by atoms with Gasteiger partial charge in [0.15, 0.2) is 0 Å². The summed E-state index contributed by atoms with van der Waals surface area (Å²) in [6.45, 7) is 4.97. The Hall–Kier alpha value is -0.117. The molecule has 0 fully saturated rings. The molecule has 2 atom stereocenters. The van der Waals surface area contributed by atoms with Crippen LogP contribution in [-0.2, 0) is 52.4 Å². The minimum absolute atomic E-state index is 0.